The molecule has 294 valence electrons. The monoisotopic (exact) mass is 783 g/mol. The van der Waals surface area contributed by atoms with Crippen LogP contribution >= 0.6 is 12.2 Å². The first-order valence-electron chi connectivity index (χ1n) is 17.0. The Kier molecular flexibility index (Phi) is 13.8. The zero-order valence-corrected chi connectivity index (χ0v) is 31.7. The van der Waals surface area contributed by atoms with Gasteiger partial charge in [0.15, 0.2) is 18.4 Å². The number of ether oxygens (including phenoxy) is 6. The van der Waals surface area contributed by atoms with Crippen molar-refractivity contribution in [1.82, 2.24) is 15.1 Å². The molecule has 1 unspecified atom stereocenters. The van der Waals surface area contributed by atoms with Gasteiger partial charge in [-0.2, -0.15) is 0 Å². The lowest BCUT2D eigenvalue weighted by molar-refractivity contribution is -0.246. The quantitative estimate of drug-likeness (QED) is 0.134. The zero-order chi connectivity index (χ0) is 40.6. The van der Waals surface area contributed by atoms with E-state index in [2.05, 4.69) is 5.32 Å². The SMILES string of the molecule is CC(=O)OC[C@H]1O[C@@H](N(C=S)C(=O)CC(NC(=O)OC(C)(C)C)C(=O)OCc2ccccc2)[C@H](N2C(=O)c3ccccc3C2=O)[C@@H](OC(C)=O)[C@@H]1OC(C)=O. The van der Waals surface area contributed by atoms with E-state index >= 15 is 0 Å². The normalized spacial score (nSPS) is 21.0. The number of thiocarbonyl (C=S) groups is 1. The van der Waals surface area contributed by atoms with Gasteiger partial charge in [-0.1, -0.05) is 54.7 Å². The summed E-state index contributed by atoms with van der Waals surface area (Å²) in [5.74, 6) is -6.41. The van der Waals surface area contributed by atoms with Crippen LogP contribution in [0.5, 0.6) is 0 Å². The van der Waals surface area contributed by atoms with Crippen LogP contribution in [0.25, 0.3) is 0 Å². The second-order valence-electron chi connectivity index (χ2n) is 13.4. The highest BCUT2D eigenvalue weighted by atomic mass is 32.1. The molecule has 2 heterocycles. The fraction of sp³-hybridized carbons (Fsp3) is 0.432. The van der Waals surface area contributed by atoms with Gasteiger partial charge in [0, 0.05) is 20.8 Å². The van der Waals surface area contributed by atoms with Crippen LogP contribution in [0, 0.1) is 0 Å². The molecule has 0 bridgehead atoms. The maximum absolute atomic E-state index is 14.3. The van der Waals surface area contributed by atoms with Crippen LogP contribution in [0.3, 0.4) is 0 Å². The van der Waals surface area contributed by atoms with Crippen molar-refractivity contribution in [2.45, 2.75) is 96.8 Å². The molecule has 0 aliphatic carbocycles. The number of carbonyl (C=O) groups is 8. The van der Waals surface area contributed by atoms with Gasteiger partial charge >= 0.3 is 30.0 Å². The lowest BCUT2D eigenvalue weighted by atomic mass is 9.93. The molecule has 0 aromatic heterocycles. The molecule has 1 fully saturated rings. The third-order valence-corrected chi connectivity index (χ3v) is 8.29. The van der Waals surface area contributed by atoms with Gasteiger partial charge < -0.3 is 33.7 Å². The number of nitrogens with one attached hydrogen (secondary N) is 1. The first-order valence-corrected chi connectivity index (χ1v) is 17.5. The number of imide groups is 1. The number of alkyl carbamates (subject to hydrolysis) is 1. The first-order chi connectivity index (χ1) is 25.9. The Hall–Kier alpha value is -5.75. The van der Waals surface area contributed by atoms with Crippen LogP contribution < -0.4 is 5.32 Å². The van der Waals surface area contributed by atoms with Crippen molar-refractivity contribution in [2.75, 3.05) is 6.61 Å². The lowest BCUT2D eigenvalue weighted by Gasteiger charge is -2.49. The van der Waals surface area contributed by atoms with E-state index in [-0.39, 0.29) is 17.7 Å². The zero-order valence-electron chi connectivity index (χ0n) is 30.9. The molecular weight excluding hydrogens is 742 g/mol. The molecule has 1 saturated heterocycles. The van der Waals surface area contributed by atoms with Crippen LogP contribution in [0.15, 0.2) is 54.6 Å². The Morgan fingerprint density at radius 3 is 1.95 bits per heavy atom. The van der Waals surface area contributed by atoms with Crippen LogP contribution in [0.2, 0.25) is 0 Å². The van der Waals surface area contributed by atoms with Gasteiger partial charge in [0.05, 0.1) is 23.0 Å². The van der Waals surface area contributed by atoms with Crippen molar-refractivity contribution >= 4 is 65.4 Å². The fourth-order valence-corrected chi connectivity index (χ4v) is 6.14. The van der Waals surface area contributed by atoms with Gasteiger partial charge in [-0.15, -0.1) is 0 Å². The Bertz CT molecular complexity index is 1800. The Morgan fingerprint density at radius 1 is 0.855 bits per heavy atom. The lowest BCUT2D eigenvalue weighted by Crippen LogP contribution is -2.71. The second-order valence-corrected chi connectivity index (χ2v) is 13.6. The van der Waals surface area contributed by atoms with Gasteiger partial charge in [-0.05, 0) is 38.5 Å². The minimum absolute atomic E-state index is 0.0260. The van der Waals surface area contributed by atoms with Crippen molar-refractivity contribution in [3.8, 4) is 0 Å². The van der Waals surface area contributed by atoms with Gasteiger partial charge in [-0.25, -0.2) is 9.59 Å². The molecule has 18 heteroatoms. The van der Waals surface area contributed by atoms with Crippen molar-refractivity contribution < 1.29 is 66.8 Å². The Balaban J connectivity index is 1.79. The molecule has 1 N–H and O–H groups in total. The number of carbonyl (C=O) groups excluding carboxylic acids is 8. The van der Waals surface area contributed by atoms with E-state index < -0.39 is 103 Å². The molecule has 2 aromatic rings. The molecule has 2 aliphatic rings. The van der Waals surface area contributed by atoms with Crippen molar-refractivity contribution in [1.29, 1.82) is 0 Å². The molecule has 55 heavy (non-hydrogen) atoms. The summed E-state index contributed by atoms with van der Waals surface area (Å²) < 4.78 is 33.3. The number of benzene rings is 2. The van der Waals surface area contributed by atoms with E-state index in [0.29, 0.717) is 10.5 Å². The van der Waals surface area contributed by atoms with E-state index in [1.54, 1.807) is 51.1 Å². The minimum Gasteiger partial charge on any atom is -0.463 e. The second kappa shape index (κ2) is 18.1. The smallest absolute Gasteiger partial charge is 0.408 e. The molecule has 17 nitrogen and oxygen atoms in total. The first kappa shape index (κ1) is 42.0. The summed E-state index contributed by atoms with van der Waals surface area (Å²) in [6.45, 7) is 7.07. The highest BCUT2D eigenvalue weighted by Crippen LogP contribution is 2.36. The summed E-state index contributed by atoms with van der Waals surface area (Å²) >= 11 is 5.26. The number of nitrogens with zero attached hydrogens (tertiary/aromatic N) is 2. The van der Waals surface area contributed by atoms with Crippen molar-refractivity contribution in [3.63, 3.8) is 0 Å². The van der Waals surface area contributed by atoms with Crippen LogP contribution in [0.1, 0.15) is 74.2 Å². The third-order valence-electron chi connectivity index (χ3n) is 8.07. The van der Waals surface area contributed by atoms with Gasteiger partial charge in [0.25, 0.3) is 11.8 Å². The number of fused-ring (bicyclic) bond motifs is 1. The maximum Gasteiger partial charge on any atom is 0.408 e. The fourth-order valence-electron chi connectivity index (χ4n) is 5.90. The summed E-state index contributed by atoms with van der Waals surface area (Å²) in [5, 5.41) is 2.34. The summed E-state index contributed by atoms with van der Waals surface area (Å²) in [5.41, 5.74) is 0.362. The average molecular weight is 784 g/mol. The number of amides is 4. The molecule has 0 spiro atoms. The molecule has 4 amide bonds. The van der Waals surface area contributed by atoms with E-state index in [1.807, 2.05) is 0 Å². The largest absolute Gasteiger partial charge is 0.463 e. The number of rotatable bonds is 13. The molecule has 2 aromatic carbocycles. The number of hydrogen-bond acceptors (Lipinski definition) is 15. The van der Waals surface area contributed by atoms with Gasteiger partial charge in [0.1, 0.15) is 37.0 Å². The van der Waals surface area contributed by atoms with Gasteiger partial charge in [-0.3, -0.25) is 38.6 Å². The summed E-state index contributed by atoms with van der Waals surface area (Å²) in [7, 11) is 0. The number of hydrogen-bond donors (Lipinski definition) is 1. The number of esters is 4. The summed E-state index contributed by atoms with van der Waals surface area (Å²) in [6.07, 6.45) is -8.55. The molecule has 4 rings (SSSR count). The third kappa shape index (κ3) is 10.7. The summed E-state index contributed by atoms with van der Waals surface area (Å²) in [4.78, 5) is 107. The molecule has 6 atom stereocenters. The topological polar surface area (TPSA) is 210 Å². The molecular formula is C37H41N3O14S. The van der Waals surface area contributed by atoms with Crippen LogP contribution in [-0.4, -0.2) is 112 Å². The standard InChI is InChI=1S/C37H41N3O14S/c1-20(41)49-18-27-30(51-21(2)42)31(52-22(3)43)29(40-32(45)24-14-10-11-15-25(24)33(40)46)34(53-27)39(19-55)28(44)16-26(38-36(48)54-37(4,5)6)35(47)50-17-23-12-8-7-9-13-23/h7-15,19,26-27,29-31,34H,16-18H2,1-6H3,(H,38,48)/t26?,27-,29-,30-,31-,34-/m1/s1. The van der Waals surface area contributed by atoms with E-state index in [4.69, 9.17) is 40.6 Å². The van der Waals surface area contributed by atoms with Crippen LogP contribution in [0.4, 0.5) is 4.79 Å². The Morgan fingerprint density at radius 2 is 1.42 bits per heavy atom. The highest BCUT2D eigenvalue weighted by Gasteiger charge is 2.58. The Labute approximate surface area is 321 Å². The van der Waals surface area contributed by atoms with E-state index in [0.717, 1.165) is 31.2 Å². The highest BCUT2D eigenvalue weighted by molar-refractivity contribution is 7.78. The molecule has 0 saturated carbocycles. The predicted molar refractivity (Wildman–Crippen MR) is 192 cm³/mol. The molecule has 2 aliphatic heterocycles. The molecule has 0 radical (unpaired) electrons. The minimum atomic E-state index is -1.83. The predicted octanol–water partition coefficient (Wildman–Crippen LogP) is 2.62. The van der Waals surface area contributed by atoms with Gasteiger partial charge in [0.2, 0.25) is 5.91 Å². The maximum atomic E-state index is 14.3. The average Bonchev–Trinajstić information content (AvgIpc) is 3.35. The van der Waals surface area contributed by atoms with Crippen molar-refractivity contribution in [3.05, 3.63) is 71.3 Å². The summed E-state index contributed by atoms with van der Waals surface area (Å²) in [6, 6.07) is 11.0. The van der Waals surface area contributed by atoms with E-state index in [1.165, 1.54) is 24.3 Å². The van der Waals surface area contributed by atoms with Crippen LogP contribution in [-0.2, 0) is 59.0 Å². The van der Waals surface area contributed by atoms with E-state index in [9.17, 15) is 38.4 Å². The van der Waals surface area contributed by atoms with Crippen molar-refractivity contribution in [2.24, 2.45) is 0 Å².